The molecule has 0 saturated carbocycles. The average molecular weight is 245 g/mol. The van der Waals surface area contributed by atoms with E-state index >= 15 is 0 Å². The zero-order chi connectivity index (χ0) is 13.1. The summed E-state index contributed by atoms with van der Waals surface area (Å²) in [4.78, 5) is 10.7. The van der Waals surface area contributed by atoms with Crippen molar-refractivity contribution in [1.29, 1.82) is 0 Å². The van der Waals surface area contributed by atoms with Crippen LogP contribution in [-0.4, -0.2) is 11.1 Å². The summed E-state index contributed by atoms with van der Waals surface area (Å²) in [5.74, 6) is 0.468. The minimum atomic E-state index is -0.913. The standard InChI is InChI=1S/C14H15NO3/c1-9-11(12(15)8-14(16)17)7-13(18-9)10-5-3-2-4-6-10/h2-7,12H,8,15H2,1H3,(H,16,17). The first kappa shape index (κ1) is 12.4. The molecule has 94 valence electrons. The normalized spacial score (nSPS) is 12.3. The molecule has 0 spiro atoms. The molecule has 0 aliphatic heterocycles. The van der Waals surface area contributed by atoms with Gasteiger partial charge in [0.05, 0.1) is 6.42 Å². The fraction of sp³-hybridized carbons (Fsp3) is 0.214. The Morgan fingerprint density at radius 1 is 1.39 bits per heavy atom. The molecule has 4 nitrogen and oxygen atoms in total. The van der Waals surface area contributed by atoms with Crippen LogP contribution < -0.4 is 5.73 Å². The van der Waals surface area contributed by atoms with Gasteiger partial charge in [0.25, 0.3) is 0 Å². The molecule has 18 heavy (non-hydrogen) atoms. The molecule has 0 bridgehead atoms. The number of furan rings is 1. The minimum absolute atomic E-state index is 0.103. The Kier molecular flexibility index (Phi) is 3.48. The Morgan fingerprint density at radius 2 is 2.06 bits per heavy atom. The van der Waals surface area contributed by atoms with Gasteiger partial charge in [0.15, 0.2) is 0 Å². The van der Waals surface area contributed by atoms with Crippen molar-refractivity contribution in [1.82, 2.24) is 0 Å². The predicted octanol–water partition coefficient (Wildman–Crippen LogP) is 2.73. The van der Waals surface area contributed by atoms with E-state index in [0.717, 1.165) is 11.1 Å². The summed E-state index contributed by atoms with van der Waals surface area (Å²) in [5.41, 5.74) is 7.55. The second-order valence-corrected chi connectivity index (χ2v) is 4.19. The summed E-state index contributed by atoms with van der Waals surface area (Å²) in [6.07, 6.45) is -0.103. The molecule has 1 unspecified atom stereocenters. The number of hydrogen-bond donors (Lipinski definition) is 2. The summed E-state index contributed by atoms with van der Waals surface area (Å²) in [6.45, 7) is 1.80. The van der Waals surface area contributed by atoms with Crippen LogP contribution in [0.25, 0.3) is 11.3 Å². The molecule has 2 rings (SSSR count). The van der Waals surface area contributed by atoms with E-state index < -0.39 is 12.0 Å². The van der Waals surface area contributed by atoms with Gasteiger partial charge in [-0.2, -0.15) is 0 Å². The molecule has 0 radical (unpaired) electrons. The van der Waals surface area contributed by atoms with Gasteiger partial charge in [0.1, 0.15) is 11.5 Å². The quantitative estimate of drug-likeness (QED) is 0.868. The maximum absolute atomic E-state index is 10.7. The van der Waals surface area contributed by atoms with E-state index in [2.05, 4.69) is 0 Å². The highest BCUT2D eigenvalue weighted by molar-refractivity contribution is 5.68. The van der Waals surface area contributed by atoms with Crippen molar-refractivity contribution in [3.8, 4) is 11.3 Å². The molecular weight excluding hydrogens is 230 g/mol. The third-order valence-electron chi connectivity index (χ3n) is 2.81. The lowest BCUT2D eigenvalue weighted by atomic mass is 10.0. The van der Waals surface area contributed by atoms with Crippen LogP contribution in [0.2, 0.25) is 0 Å². The molecule has 1 heterocycles. The predicted molar refractivity (Wildman–Crippen MR) is 68.1 cm³/mol. The molecule has 0 aliphatic carbocycles. The van der Waals surface area contributed by atoms with E-state index in [1.807, 2.05) is 36.4 Å². The smallest absolute Gasteiger partial charge is 0.305 e. The molecule has 0 saturated heterocycles. The van der Waals surface area contributed by atoms with E-state index in [1.54, 1.807) is 6.92 Å². The van der Waals surface area contributed by atoms with Crippen molar-refractivity contribution in [2.45, 2.75) is 19.4 Å². The highest BCUT2D eigenvalue weighted by Crippen LogP contribution is 2.29. The van der Waals surface area contributed by atoms with Crippen molar-refractivity contribution >= 4 is 5.97 Å². The van der Waals surface area contributed by atoms with Crippen molar-refractivity contribution < 1.29 is 14.3 Å². The summed E-state index contributed by atoms with van der Waals surface area (Å²) in [5, 5.41) is 8.75. The number of carboxylic acid groups (broad SMARTS) is 1. The third kappa shape index (κ3) is 2.60. The third-order valence-corrected chi connectivity index (χ3v) is 2.81. The minimum Gasteiger partial charge on any atom is -0.481 e. The van der Waals surface area contributed by atoms with Crippen LogP contribution in [-0.2, 0) is 4.79 Å². The molecular formula is C14H15NO3. The van der Waals surface area contributed by atoms with E-state index in [4.69, 9.17) is 15.3 Å². The first-order valence-electron chi connectivity index (χ1n) is 5.71. The fourth-order valence-corrected chi connectivity index (χ4v) is 1.91. The Morgan fingerprint density at radius 3 is 2.67 bits per heavy atom. The Labute approximate surface area is 105 Å². The van der Waals surface area contributed by atoms with Gasteiger partial charge in [-0.25, -0.2) is 0 Å². The number of benzene rings is 1. The lowest BCUT2D eigenvalue weighted by Gasteiger charge is -2.06. The molecule has 4 heteroatoms. The van der Waals surface area contributed by atoms with E-state index in [9.17, 15) is 4.79 Å². The van der Waals surface area contributed by atoms with Gasteiger partial charge in [-0.3, -0.25) is 4.79 Å². The second-order valence-electron chi connectivity index (χ2n) is 4.19. The van der Waals surface area contributed by atoms with Gasteiger partial charge in [-0.15, -0.1) is 0 Å². The molecule has 1 atom stereocenters. The molecule has 2 aromatic rings. The molecule has 0 aliphatic rings. The van der Waals surface area contributed by atoms with Gasteiger partial charge in [0, 0.05) is 17.2 Å². The Hall–Kier alpha value is -2.07. The van der Waals surface area contributed by atoms with E-state index in [-0.39, 0.29) is 6.42 Å². The van der Waals surface area contributed by atoms with Crippen molar-refractivity contribution in [3.05, 3.63) is 47.7 Å². The van der Waals surface area contributed by atoms with Gasteiger partial charge in [-0.05, 0) is 13.0 Å². The van der Waals surface area contributed by atoms with Crippen LogP contribution in [0.15, 0.2) is 40.8 Å². The number of carbonyl (C=O) groups is 1. The molecule has 1 aromatic heterocycles. The fourth-order valence-electron chi connectivity index (χ4n) is 1.91. The van der Waals surface area contributed by atoms with Crippen LogP contribution in [0.5, 0.6) is 0 Å². The molecule has 0 amide bonds. The first-order valence-corrected chi connectivity index (χ1v) is 5.71. The first-order chi connectivity index (χ1) is 8.58. The maximum Gasteiger partial charge on any atom is 0.305 e. The summed E-state index contributed by atoms with van der Waals surface area (Å²) >= 11 is 0. The average Bonchev–Trinajstić information content (AvgIpc) is 2.72. The number of nitrogens with two attached hydrogens (primary N) is 1. The van der Waals surface area contributed by atoms with Gasteiger partial charge >= 0.3 is 5.97 Å². The van der Waals surface area contributed by atoms with Crippen LogP contribution in [0.1, 0.15) is 23.8 Å². The summed E-state index contributed by atoms with van der Waals surface area (Å²) < 4.78 is 5.63. The topological polar surface area (TPSA) is 76.5 Å². The van der Waals surface area contributed by atoms with E-state index in [0.29, 0.717) is 11.5 Å². The Balaban J connectivity index is 2.30. The number of carboxylic acids is 1. The largest absolute Gasteiger partial charge is 0.481 e. The molecule has 1 aromatic carbocycles. The highest BCUT2D eigenvalue weighted by atomic mass is 16.4. The second kappa shape index (κ2) is 5.06. The maximum atomic E-state index is 10.7. The van der Waals surface area contributed by atoms with Crippen molar-refractivity contribution in [2.24, 2.45) is 5.73 Å². The monoisotopic (exact) mass is 245 g/mol. The van der Waals surface area contributed by atoms with Crippen LogP contribution in [0.4, 0.5) is 0 Å². The molecule has 3 N–H and O–H groups in total. The lowest BCUT2D eigenvalue weighted by molar-refractivity contribution is -0.137. The SMILES string of the molecule is Cc1oc(-c2ccccc2)cc1C(N)CC(=O)O. The number of aliphatic carboxylic acids is 1. The van der Waals surface area contributed by atoms with Crippen molar-refractivity contribution in [3.63, 3.8) is 0 Å². The zero-order valence-corrected chi connectivity index (χ0v) is 10.1. The van der Waals surface area contributed by atoms with Crippen LogP contribution in [0, 0.1) is 6.92 Å². The number of hydrogen-bond acceptors (Lipinski definition) is 3. The lowest BCUT2D eigenvalue weighted by Crippen LogP contribution is -2.15. The van der Waals surface area contributed by atoms with Crippen LogP contribution >= 0.6 is 0 Å². The van der Waals surface area contributed by atoms with Gasteiger partial charge in [0.2, 0.25) is 0 Å². The summed E-state index contributed by atoms with van der Waals surface area (Å²) in [7, 11) is 0. The van der Waals surface area contributed by atoms with Crippen molar-refractivity contribution in [2.75, 3.05) is 0 Å². The van der Waals surface area contributed by atoms with Gasteiger partial charge in [-0.1, -0.05) is 30.3 Å². The number of aryl methyl sites for hydroxylation is 1. The highest BCUT2D eigenvalue weighted by Gasteiger charge is 2.17. The van der Waals surface area contributed by atoms with Gasteiger partial charge < -0.3 is 15.3 Å². The Bertz CT molecular complexity index is 545. The van der Waals surface area contributed by atoms with E-state index in [1.165, 1.54) is 0 Å². The summed E-state index contributed by atoms with van der Waals surface area (Å²) in [6, 6.07) is 10.9. The molecule has 0 fully saturated rings. The zero-order valence-electron chi connectivity index (χ0n) is 10.1. The van der Waals surface area contributed by atoms with Crippen LogP contribution in [0.3, 0.4) is 0 Å². The number of rotatable bonds is 4.